The maximum atomic E-state index is 12.5. The van der Waals surface area contributed by atoms with Crippen molar-refractivity contribution >= 4 is 28.9 Å². The van der Waals surface area contributed by atoms with Gasteiger partial charge < -0.3 is 10.6 Å². The van der Waals surface area contributed by atoms with E-state index in [-0.39, 0.29) is 11.1 Å². The van der Waals surface area contributed by atoms with E-state index in [9.17, 15) is 4.79 Å². The van der Waals surface area contributed by atoms with Gasteiger partial charge in [0.05, 0.1) is 15.7 Å². The van der Waals surface area contributed by atoms with Crippen LogP contribution in [-0.4, -0.2) is 23.2 Å². The highest BCUT2D eigenvalue weighted by Crippen LogP contribution is 2.28. The van der Waals surface area contributed by atoms with E-state index in [1.54, 1.807) is 30.5 Å². The Labute approximate surface area is 145 Å². The molecule has 1 aromatic carbocycles. The Morgan fingerprint density at radius 2 is 1.87 bits per heavy atom. The fraction of sp³-hybridized carbons (Fsp3) is 0.353. The Morgan fingerprint density at radius 3 is 2.52 bits per heavy atom. The average Bonchev–Trinajstić information content (AvgIpc) is 2.50. The zero-order valence-corrected chi connectivity index (χ0v) is 14.4. The van der Waals surface area contributed by atoms with Crippen molar-refractivity contribution in [2.45, 2.75) is 25.3 Å². The van der Waals surface area contributed by atoms with Crippen LogP contribution in [0.3, 0.4) is 0 Å². The Kier molecular flexibility index (Phi) is 4.41. The lowest BCUT2D eigenvalue weighted by Crippen LogP contribution is -2.48. The molecule has 1 aliphatic rings. The second kappa shape index (κ2) is 6.19. The number of benzene rings is 1. The summed E-state index contributed by atoms with van der Waals surface area (Å²) in [6.07, 6.45) is 3.57. The van der Waals surface area contributed by atoms with Crippen LogP contribution in [0, 0.1) is 0 Å². The first kappa shape index (κ1) is 16.4. The number of hydrogen-bond donors (Lipinski definition) is 1. The Hall–Kier alpha value is -1.49. The van der Waals surface area contributed by atoms with Crippen molar-refractivity contribution in [3.8, 4) is 5.69 Å². The van der Waals surface area contributed by atoms with Crippen molar-refractivity contribution in [1.29, 1.82) is 0 Å². The molecule has 0 unspecified atom stereocenters. The van der Waals surface area contributed by atoms with Crippen LogP contribution in [0.1, 0.15) is 19.8 Å². The number of nitrogens with zero attached hydrogens (tertiary/aromatic N) is 2. The zero-order chi connectivity index (χ0) is 16.6. The normalized spacial score (nSPS) is 17.3. The van der Waals surface area contributed by atoms with E-state index in [1.807, 2.05) is 6.07 Å². The highest BCUT2D eigenvalue weighted by atomic mass is 35.5. The minimum Gasteiger partial charge on any atom is -0.371 e. The smallest absolute Gasteiger partial charge is 0.257 e. The molecular weight excluding hydrogens is 333 g/mol. The third kappa shape index (κ3) is 3.39. The molecule has 23 heavy (non-hydrogen) atoms. The topological polar surface area (TPSA) is 51.3 Å². The number of hydrogen-bond acceptors (Lipinski definition) is 3. The fourth-order valence-electron chi connectivity index (χ4n) is 2.82. The molecule has 122 valence electrons. The Morgan fingerprint density at radius 1 is 1.17 bits per heavy atom. The molecule has 1 saturated heterocycles. The Bertz CT molecular complexity index is 776. The van der Waals surface area contributed by atoms with Gasteiger partial charge in [0.15, 0.2) is 0 Å². The first-order valence-corrected chi connectivity index (χ1v) is 8.34. The maximum absolute atomic E-state index is 12.5. The van der Waals surface area contributed by atoms with Crippen molar-refractivity contribution in [3.05, 3.63) is 56.9 Å². The van der Waals surface area contributed by atoms with Crippen LogP contribution in [0.4, 0.5) is 5.69 Å². The van der Waals surface area contributed by atoms with E-state index in [4.69, 9.17) is 28.9 Å². The van der Waals surface area contributed by atoms with Gasteiger partial charge in [0.1, 0.15) is 0 Å². The quantitative estimate of drug-likeness (QED) is 0.901. The number of aromatic nitrogens is 1. The number of anilines is 1. The van der Waals surface area contributed by atoms with E-state index < -0.39 is 0 Å². The van der Waals surface area contributed by atoms with Gasteiger partial charge in [0, 0.05) is 36.6 Å². The highest BCUT2D eigenvalue weighted by molar-refractivity contribution is 6.43. The van der Waals surface area contributed by atoms with Crippen LogP contribution in [0.2, 0.25) is 10.0 Å². The molecule has 1 fully saturated rings. The molecule has 0 bridgehead atoms. The second-order valence-corrected chi connectivity index (χ2v) is 7.09. The van der Waals surface area contributed by atoms with Crippen LogP contribution in [-0.2, 0) is 0 Å². The summed E-state index contributed by atoms with van der Waals surface area (Å²) < 4.78 is 1.51. The number of halogens is 2. The minimum atomic E-state index is -0.132. The Balaban J connectivity index is 1.90. The van der Waals surface area contributed by atoms with E-state index in [0.717, 1.165) is 31.6 Å². The molecule has 2 heterocycles. The summed E-state index contributed by atoms with van der Waals surface area (Å²) in [5.74, 6) is 0. The fourth-order valence-corrected chi connectivity index (χ4v) is 3.21. The minimum absolute atomic E-state index is 0.111. The molecule has 1 aromatic heterocycles. The molecule has 0 atom stereocenters. The molecular formula is C17H19Cl2N3O. The molecule has 0 saturated carbocycles. The van der Waals surface area contributed by atoms with Gasteiger partial charge in [-0.2, -0.15) is 0 Å². The predicted molar refractivity (Wildman–Crippen MR) is 96.1 cm³/mol. The molecule has 0 spiro atoms. The van der Waals surface area contributed by atoms with Gasteiger partial charge in [-0.3, -0.25) is 9.36 Å². The van der Waals surface area contributed by atoms with Crippen molar-refractivity contribution in [1.82, 2.24) is 4.57 Å². The second-order valence-electron chi connectivity index (χ2n) is 6.31. The van der Waals surface area contributed by atoms with Crippen LogP contribution in [0.5, 0.6) is 0 Å². The van der Waals surface area contributed by atoms with Gasteiger partial charge in [0.25, 0.3) is 5.56 Å². The number of rotatable bonds is 2. The van der Waals surface area contributed by atoms with E-state index >= 15 is 0 Å². The third-order valence-corrected chi connectivity index (χ3v) is 5.17. The predicted octanol–water partition coefficient (Wildman–Crippen LogP) is 3.46. The summed E-state index contributed by atoms with van der Waals surface area (Å²) in [6.45, 7) is 3.78. The summed E-state index contributed by atoms with van der Waals surface area (Å²) in [5.41, 5.74) is 7.42. The standard InChI is InChI=1S/C17H19Cl2N3O/c1-17(20)6-9-21(10-7-17)12-5-8-22(15(23)11-12)14-4-2-3-13(18)16(14)19/h2-5,8,11H,6-7,9-10,20H2,1H3. The third-order valence-electron chi connectivity index (χ3n) is 4.36. The van der Waals surface area contributed by atoms with Gasteiger partial charge in [-0.25, -0.2) is 0 Å². The van der Waals surface area contributed by atoms with Crippen LogP contribution >= 0.6 is 23.2 Å². The summed E-state index contributed by atoms with van der Waals surface area (Å²) in [6, 6.07) is 8.81. The van der Waals surface area contributed by atoms with Crippen molar-refractivity contribution < 1.29 is 0 Å². The first-order valence-electron chi connectivity index (χ1n) is 7.58. The zero-order valence-electron chi connectivity index (χ0n) is 12.9. The van der Waals surface area contributed by atoms with Crippen LogP contribution in [0.15, 0.2) is 41.3 Å². The van der Waals surface area contributed by atoms with Gasteiger partial charge in [-0.1, -0.05) is 29.3 Å². The molecule has 0 aliphatic carbocycles. The van der Waals surface area contributed by atoms with Gasteiger partial charge in [-0.15, -0.1) is 0 Å². The lowest BCUT2D eigenvalue weighted by atomic mass is 9.91. The van der Waals surface area contributed by atoms with Crippen molar-refractivity contribution in [2.24, 2.45) is 5.73 Å². The highest BCUT2D eigenvalue weighted by Gasteiger charge is 2.26. The molecule has 2 aromatic rings. The molecule has 3 rings (SSSR count). The number of pyridine rings is 1. The largest absolute Gasteiger partial charge is 0.371 e. The number of nitrogens with two attached hydrogens (primary N) is 1. The molecule has 4 nitrogen and oxygen atoms in total. The van der Waals surface area contributed by atoms with E-state index in [1.165, 1.54) is 4.57 Å². The monoisotopic (exact) mass is 351 g/mol. The number of piperidine rings is 1. The molecule has 0 radical (unpaired) electrons. The maximum Gasteiger partial charge on any atom is 0.257 e. The van der Waals surface area contributed by atoms with Crippen LogP contribution in [0.25, 0.3) is 5.69 Å². The lowest BCUT2D eigenvalue weighted by Gasteiger charge is -2.38. The molecule has 0 amide bonds. The van der Waals surface area contributed by atoms with Crippen molar-refractivity contribution in [3.63, 3.8) is 0 Å². The van der Waals surface area contributed by atoms with Crippen molar-refractivity contribution in [2.75, 3.05) is 18.0 Å². The van der Waals surface area contributed by atoms with Gasteiger partial charge >= 0.3 is 0 Å². The summed E-state index contributed by atoms with van der Waals surface area (Å²) in [7, 11) is 0. The van der Waals surface area contributed by atoms with Crippen LogP contribution < -0.4 is 16.2 Å². The summed E-state index contributed by atoms with van der Waals surface area (Å²) in [4.78, 5) is 14.7. The van der Waals surface area contributed by atoms with Gasteiger partial charge in [-0.05, 0) is 38.0 Å². The SMILES string of the molecule is CC1(N)CCN(c2ccn(-c3cccc(Cl)c3Cl)c(=O)c2)CC1. The van der Waals surface area contributed by atoms with E-state index in [2.05, 4.69) is 11.8 Å². The van der Waals surface area contributed by atoms with E-state index in [0.29, 0.717) is 15.7 Å². The van der Waals surface area contributed by atoms with Gasteiger partial charge in [0.2, 0.25) is 0 Å². The molecule has 2 N–H and O–H groups in total. The summed E-state index contributed by atoms with van der Waals surface area (Å²) in [5, 5.41) is 0.805. The summed E-state index contributed by atoms with van der Waals surface area (Å²) >= 11 is 12.2. The average molecular weight is 352 g/mol. The lowest BCUT2D eigenvalue weighted by molar-refractivity contribution is 0.364. The molecule has 6 heteroatoms. The molecule has 1 aliphatic heterocycles. The first-order chi connectivity index (χ1) is 10.9.